The normalized spacial score (nSPS) is 8.86. The summed E-state index contributed by atoms with van der Waals surface area (Å²) in [7, 11) is 0. The zero-order chi connectivity index (χ0) is 15.9. The second-order valence-corrected chi connectivity index (χ2v) is 3.63. The number of nitrogens with one attached hydrogen (secondary N) is 2. The fourth-order valence-electron chi connectivity index (χ4n) is 1.08. The molecule has 2 heterocycles. The molecule has 0 spiro atoms. The molecule has 0 saturated carbocycles. The average Bonchev–Trinajstić information content (AvgIpc) is 3.14. The van der Waals surface area contributed by atoms with Crippen LogP contribution < -0.4 is 5.73 Å². The van der Waals surface area contributed by atoms with Crippen LogP contribution in [0.4, 0.5) is 0 Å². The number of primary amides is 1. The molecule has 6 N–H and O–H groups in total. The van der Waals surface area contributed by atoms with E-state index in [9.17, 15) is 4.79 Å². The Morgan fingerprint density at radius 3 is 1.71 bits per heavy atom. The molecule has 0 aliphatic carbocycles. The summed E-state index contributed by atoms with van der Waals surface area (Å²) >= 11 is 0. The van der Waals surface area contributed by atoms with Crippen molar-refractivity contribution in [2.75, 3.05) is 13.2 Å². The van der Waals surface area contributed by atoms with E-state index in [2.05, 4.69) is 32.2 Å². The SMILES string of the molecule is C=CC(N)=O.OCCc1ncc[nH]1.OCCc1ncc[nH]1. The van der Waals surface area contributed by atoms with E-state index >= 15 is 0 Å². The summed E-state index contributed by atoms with van der Waals surface area (Å²) in [4.78, 5) is 23.0. The van der Waals surface area contributed by atoms with Crippen molar-refractivity contribution in [2.24, 2.45) is 5.73 Å². The van der Waals surface area contributed by atoms with Crippen molar-refractivity contribution in [3.8, 4) is 0 Å². The topological polar surface area (TPSA) is 141 Å². The highest BCUT2D eigenvalue weighted by molar-refractivity contribution is 5.84. The van der Waals surface area contributed by atoms with Crippen molar-refractivity contribution < 1.29 is 15.0 Å². The first-order valence-corrected chi connectivity index (χ1v) is 6.24. The summed E-state index contributed by atoms with van der Waals surface area (Å²) < 4.78 is 0. The zero-order valence-electron chi connectivity index (χ0n) is 11.7. The second-order valence-electron chi connectivity index (χ2n) is 3.63. The molecule has 0 bridgehead atoms. The van der Waals surface area contributed by atoms with E-state index < -0.39 is 5.91 Å². The molecule has 0 aliphatic rings. The largest absolute Gasteiger partial charge is 0.396 e. The summed E-state index contributed by atoms with van der Waals surface area (Å²) in [5, 5.41) is 16.8. The van der Waals surface area contributed by atoms with Crippen molar-refractivity contribution in [1.29, 1.82) is 0 Å². The van der Waals surface area contributed by atoms with Gasteiger partial charge in [-0.05, 0) is 6.08 Å². The van der Waals surface area contributed by atoms with Gasteiger partial charge in [0.25, 0.3) is 0 Å². The van der Waals surface area contributed by atoms with E-state index in [1.165, 1.54) is 0 Å². The van der Waals surface area contributed by atoms with Crippen LogP contribution in [0.15, 0.2) is 37.4 Å². The molecule has 0 radical (unpaired) electrons. The van der Waals surface area contributed by atoms with E-state index in [0.717, 1.165) is 17.7 Å². The van der Waals surface area contributed by atoms with E-state index in [4.69, 9.17) is 10.2 Å². The molecule has 0 unspecified atom stereocenters. The number of carbonyl (C=O) groups is 1. The molecule has 1 amide bonds. The predicted octanol–water partition coefficient (Wildman–Crippen LogP) is -0.453. The molecule has 8 nitrogen and oxygen atoms in total. The number of hydrogen-bond acceptors (Lipinski definition) is 5. The van der Waals surface area contributed by atoms with Crippen LogP contribution in [0.3, 0.4) is 0 Å². The Morgan fingerprint density at radius 2 is 1.52 bits per heavy atom. The van der Waals surface area contributed by atoms with Gasteiger partial charge in [-0.1, -0.05) is 6.58 Å². The Morgan fingerprint density at radius 1 is 1.14 bits per heavy atom. The molecule has 0 atom stereocenters. The Hall–Kier alpha value is -2.45. The zero-order valence-corrected chi connectivity index (χ0v) is 11.7. The number of H-pyrrole nitrogens is 2. The van der Waals surface area contributed by atoms with Gasteiger partial charge in [0.05, 0.1) is 13.2 Å². The number of nitrogens with zero attached hydrogens (tertiary/aromatic N) is 2. The van der Waals surface area contributed by atoms with Crippen LogP contribution in [0, 0.1) is 0 Å². The Labute approximate surface area is 122 Å². The fraction of sp³-hybridized carbons (Fsp3) is 0.308. The number of aliphatic hydroxyl groups excluding tert-OH is 2. The summed E-state index contributed by atoms with van der Waals surface area (Å²) in [5.41, 5.74) is 4.53. The molecule has 2 aromatic rings. The minimum Gasteiger partial charge on any atom is -0.396 e. The van der Waals surface area contributed by atoms with Crippen LogP contribution in [-0.4, -0.2) is 49.3 Å². The van der Waals surface area contributed by atoms with Crippen LogP contribution in [0.2, 0.25) is 0 Å². The van der Waals surface area contributed by atoms with Gasteiger partial charge in [0.1, 0.15) is 11.6 Å². The molecule has 2 aromatic heterocycles. The third kappa shape index (κ3) is 11.1. The average molecular weight is 295 g/mol. The second kappa shape index (κ2) is 12.6. The van der Waals surface area contributed by atoms with Gasteiger partial charge < -0.3 is 25.9 Å². The highest BCUT2D eigenvalue weighted by Crippen LogP contribution is 1.87. The molecule has 2 rings (SSSR count). The van der Waals surface area contributed by atoms with Crippen LogP contribution in [0.5, 0.6) is 0 Å². The van der Waals surface area contributed by atoms with Gasteiger partial charge in [-0.15, -0.1) is 0 Å². The number of imidazole rings is 2. The molecule has 0 aliphatic heterocycles. The molecule has 0 fully saturated rings. The summed E-state index contributed by atoms with van der Waals surface area (Å²) in [6.07, 6.45) is 9.12. The first kappa shape index (κ1) is 18.6. The maximum Gasteiger partial charge on any atom is 0.240 e. The monoisotopic (exact) mass is 295 g/mol. The number of aromatic amines is 2. The highest BCUT2D eigenvalue weighted by Gasteiger charge is 1.89. The van der Waals surface area contributed by atoms with Crippen molar-refractivity contribution in [1.82, 2.24) is 19.9 Å². The van der Waals surface area contributed by atoms with E-state index in [-0.39, 0.29) is 13.2 Å². The lowest BCUT2D eigenvalue weighted by Crippen LogP contribution is -2.04. The lowest BCUT2D eigenvalue weighted by molar-refractivity contribution is -0.113. The third-order valence-corrected chi connectivity index (χ3v) is 2.01. The first-order valence-electron chi connectivity index (χ1n) is 6.24. The van der Waals surface area contributed by atoms with Crippen LogP contribution in [-0.2, 0) is 17.6 Å². The van der Waals surface area contributed by atoms with Crippen molar-refractivity contribution in [3.63, 3.8) is 0 Å². The number of aromatic nitrogens is 4. The lowest BCUT2D eigenvalue weighted by atomic mass is 10.4. The molecular formula is C13H21N5O3. The number of rotatable bonds is 5. The van der Waals surface area contributed by atoms with Crippen LogP contribution >= 0.6 is 0 Å². The summed E-state index contributed by atoms with van der Waals surface area (Å²) in [5.74, 6) is 1.20. The smallest absolute Gasteiger partial charge is 0.240 e. The van der Waals surface area contributed by atoms with Gasteiger partial charge in [-0.2, -0.15) is 0 Å². The molecule has 0 aromatic carbocycles. The van der Waals surface area contributed by atoms with Gasteiger partial charge in [-0.25, -0.2) is 9.97 Å². The van der Waals surface area contributed by atoms with Crippen LogP contribution in [0.25, 0.3) is 0 Å². The van der Waals surface area contributed by atoms with Gasteiger partial charge in [-0.3, -0.25) is 4.79 Å². The number of aliphatic hydroxyl groups is 2. The van der Waals surface area contributed by atoms with Gasteiger partial charge in [0.15, 0.2) is 0 Å². The number of carbonyl (C=O) groups excluding carboxylic acids is 1. The van der Waals surface area contributed by atoms with Crippen molar-refractivity contribution in [2.45, 2.75) is 12.8 Å². The Bertz CT molecular complexity index is 432. The quantitative estimate of drug-likeness (QED) is 0.475. The van der Waals surface area contributed by atoms with Gasteiger partial charge in [0.2, 0.25) is 5.91 Å². The van der Waals surface area contributed by atoms with Gasteiger partial charge >= 0.3 is 0 Å². The van der Waals surface area contributed by atoms with E-state index in [1.807, 2.05) is 0 Å². The van der Waals surface area contributed by atoms with Crippen LogP contribution in [0.1, 0.15) is 11.6 Å². The fourth-order valence-corrected chi connectivity index (χ4v) is 1.08. The lowest BCUT2D eigenvalue weighted by Gasteiger charge is -1.85. The predicted molar refractivity (Wildman–Crippen MR) is 78.1 cm³/mol. The molecule has 8 heteroatoms. The first-order chi connectivity index (χ1) is 10.1. The third-order valence-electron chi connectivity index (χ3n) is 2.01. The molecule has 21 heavy (non-hydrogen) atoms. The standard InChI is InChI=1S/2C5H8N2O.C3H5NO/c2*8-4-1-5-6-2-3-7-5;1-2-3(4)5/h2*2-3,8H,1,4H2,(H,6,7);2H,1H2,(H2,4,5). The number of hydrogen-bond donors (Lipinski definition) is 5. The number of nitrogens with two attached hydrogens (primary N) is 1. The van der Waals surface area contributed by atoms with Gasteiger partial charge in [0, 0.05) is 37.6 Å². The Kier molecular flexibility index (Phi) is 11.1. The maximum absolute atomic E-state index is 9.47. The van der Waals surface area contributed by atoms with Crippen molar-refractivity contribution in [3.05, 3.63) is 49.1 Å². The van der Waals surface area contributed by atoms with Crippen molar-refractivity contribution >= 4 is 5.91 Å². The minimum atomic E-state index is -0.481. The maximum atomic E-state index is 9.47. The molecule has 0 saturated heterocycles. The molecular weight excluding hydrogens is 274 g/mol. The van der Waals surface area contributed by atoms with E-state index in [1.54, 1.807) is 24.8 Å². The highest BCUT2D eigenvalue weighted by atomic mass is 16.3. The summed E-state index contributed by atoms with van der Waals surface area (Å²) in [6, 6.07) is 0. The minimum absolute atomic E-state index is 0.160. The Balaban J connectivity index is 0.000000296. The summed E-state index contributed by atoms with van der Waals surface area (Å²) in [6.45, 7) is 3.41. The molecule has 116 valence electrons. The van der Waals surface area contributed by atoms with E-state index in [0.29, 0.717) is 12.8 Å². The number of amides is 1.